The van der Waals surface area contributed by atoms with E-state index in [1.165, 1.54) is 17.4 Å². The SMILES string of the molecule is N[C@H]1CS(=O)(=O)c2cc(F)c(-c3nnc(NC4CCCCC4)o3)cc2N(Cc2ccc(Cl)cc2)C1=O. The van der Waals surface area contributed by atoms with Crippen LogP contribution in [0, 0.1) is 5.82 Å². The summed E-state index contributed by atoms with van der Waals surface area (Å²) >= 11 is 5.97. The van der Waals surface area contributed by atoms with Crippen LogP contribution >= 0.6 is 11.6 Å². The van der Waals surface area contributed by atoms with Crippen LogP contribution in [0.15, 0.2) is 45.7 Å². The molecule has 1 fully saturated rings. The normalized spacial score (nSPS) is 20.1. The Hall–Kier alpha value is -3.02. The minimum Gasteiger partial charge on any atom is -0.403 e. The summed E-state index contributed by atoms with van der Waals surface area (Å²) in [6.45, 7) is 0.00954. The monoisotopic (exact) mass is 533 g/mol. The van der Waals surface area contributed by atoms with Gasteiger partial charge < -0.3 is 20.4 Å². The minimum atomic E-state index is -4.06. The average molecular weight is 534 g/mol. The lowest BCUT2D eigenvalue weighted by molar-refractivity contribution is -0.119. The molecule has 0 unspecified atom stereocenters. The van der Waals surface area contributed by atoms with Gasteiger partial charge in [0, 0.05) is 11.1 Å². The van der Waals surface area contributed by atoms with E-state index in [0.29, 0.717) is 10.6 Å². The van der Waals surface area contributed by atoms with E-state index in [9.17, 15) is 13.2 Å². The molecule has 1 amide bonds. The van der Waals surface area contributed by atoms with Gasteiger partial charge in [0.15, 0.2) is 9.84 Å². The topological polar surface area (TPSA) is 131 Å². The molecule has 1 saturated carbocycles. The Kier molecular flexibility index (Phi) is 6.71. The molecule has 1 aliphatic heterocycles. The molecule has 3 aromatic rings. The molecule has 0 saturated heterocycles. The molecular weight excluding hydrogens is 509 g/mol. The maximum Gasteiger partial charge on any atom is 0.315 e. The van der Waals surface area contributed by atoms with Crippen LogP contribution in [0.2, 0.25) is 5.02 Å². The fourth-order valence-corrected chi connectivity index (χ4v) is 6.32. The molecule has 0 radical (unpaired) electrons. The number of nitrogens with one attached hydrogen (secondary N) is 1. The van der Waals surface area contributed by atoms with Crippen LogP contribution in [-0.4, -0.2) is 42.4 Å². The summed E-state index contributed by atoms with van der Waals surface area (Å²) in [6, 6.07) is 7.94. The first-order valence-electron chi connectivity index (χ1n) is 11.7. The Morgan fingerprint density at radius 1 is 1.14 bits per heavy atom. The zero-order valence-corrected chi connectivity index (χ0v) is 20.9. The fraction of sp³-hybridized carbons (Fsp3) is 0.375. The number of nitrogens with two attached hydrogens (primary N) is 1. The van der Waals surface area contributed by atoms with Crippen LogP contribution in [0.3, 0.4) is 0 Å². The molecule has 0 bridgehead atoms. The van der Waals surface area contributed by atoms with Crippen molar-refractivity contribution < 1.29 is 22.0 Å². The largest absolute Gasteiger partial charge is 0.403 e. The van der Waals surface area contributed by atoms with E-state index in [0.717, 1.165) is 31.7 Å². The van der Waals surface area contributed by atoms with Crippen LogP contribution in [-0.2, 0) is 21.2 Å². The highest BCUT2D eigenvalue weighted by molar-refractivity contribution is 7.91. The number of anilines is 2. The number of aromatic nitrogens is 2. The Labute approximate surface area is 212 Å². The highest BCUT2D eigenvalue weighted by atomic mass is 35.5. The van der Waals surface area contributed by atoms with Crippen LogP contribution in [0.25, 0.3) is 11.5 Å². The van der Waals surface area contributed by atoms with E-state index in [1.807, 2.05) is 0 Å². The van der Waals surface area contributed by atoms with Gasteiger partial charge >= 0.3 is 6.01 Å². The third-order valence-electron chi connectivity index (χ3n) is 6.50. The summed E-state index contributed by atoms with van der Waals surface area (Å²) in [7, 11) is -4.06. The lowest BCUT2D eigenvalue weighted by atomic mass is 9.96. The third kappa shape index (κ3) is 4.95. The van der Waals surface area contributed by atoms with Crippen molar-refractivity contribution in [1.29, 1.82) is 0 Å². The lowest BCUT2D eigenvalue weighted by Gasteiger charge is -2.24. The van der Waals surface area contributed by atoms with Gasteiger partial charge in [-0.05, 0) is 42.7 Å². The highest BCUT2D eigenvalue weighted by Gasteiger charge is 2.37. The number of rotatable bonds is 5. The van der Waals surface area contributed by atoms with Crippen molar-refractivity contribution in [3.05, 3.63) is 52.8 Å². The zero-order chi connectivity index (χ0) is 25.4. The van der Waals surface area contributed by atoms with Gasteiger partial charge in [0.25, 0.3) is 5.89 Å². The van der Waals surface area contributed by atoms with Gasteiger partial charge in [-0.25, -0.2) is 12.8 Å². The second-order valence-corrected chi connectivity index (χ2v) is 11.6. The molecule has 2 aliphatic rings. The molecule has 2 heterocycles. The molecule has 0 spiro atoms. The van der Waals surface area contributed by atoms with Crippen molar-refractivity contribution in [2.75, 3.05) is 16.0 Å². The molecule has 2 aromatic carbocycles. The lowest BCUT2D eigenvalue weighted by Crippen LogP contribution is -2.45. The number of amides is 1. The molecule has 3 N–H and O–H groups in total. The van der Waals surface area contributed by atoms with Gasteiger partial charge in [0.1, 0.15) is 5.82 Å². The molecule has 190 valence electrons. The van der Waals surface area contributed by atoms with Crippen molar-refractivity contribution in [1.82, 2.24) is 10.2 Å². The average Bonchev–Trinajstić information content (AvgIpc) is 3.29. The van der Waals surface area contributed by atoms with Crippen LogP contribution in [0.1, 0.15) is 37.7 Å². The summed E-state index contributed by atoms with van der Waals surface area (Å²) < 4.78 is 46.9. The number of hydrogen-bond donors (Lipinski definition) is 2. The maximum absolute atomic E-state index is 15.2. The molecule has 12 heteroatoms. The molecule has 36 heavy (non-hydrogen) atoms. The van der Waals surface area contributed by atoms with E-state index >= 15 is 4.39 Å². The third-order valence-corrected chi connectivity index (χ3v) is 8.55. The van der Waals surface area contributed by atoms with E-state index in [2.05, 4.69) is 15.5 Å². The smallest absolute Gasteiger partial charge is 0.315 e. The molecule has 9 nitrogen and oxygen atoms in total. The molecule has 1 aromatic heterocycles. The summed E-state index contributed by atoms with van der Waals surface area (Å²) in [6.07, 6.45) is 5.35. The van der Waals surface area contributed by atoms with Crippen molar-refractivity contribution in [3.63, 3.8) is 0 Å². The number of carbonyl (C=O) groups excluding carboxylic acids is 1. The Morgan fingerprint density at radius 2 is 1.86 bits per heavy atom. The number of nitrogens with zero attached hydrogens (tertiary/aromatic N) is 3. The standard InChI is InChI=1S/C24H25ClFN5O4S/c25-15-8-6-14(7-9-15)12-31-20-10-17(18(26)11-21(20)36(33,34)13-19(27)23(31)32)22-29-30-24(35-22)28-16-4-2-1-3-5-16/h6-11,16,19H,1-5,12-13,27H2,(H,28,30)/t19-/m0/s1. The first-order valence-corrected chi connectivity index (χ1v) is 13.7. The Bertz CT molecular complexity index is 1390. The van der Waals surface area contributed by atoms with Gasteiger partial charge in [-0.15, -0.1) is 5.10 Å². The van der Waals surface area contributed by atoms with E-state index in [-0.39, 0.29) is 40.6 Å². The van der Waals surface area contributed by atoms with Crippen LogP contribution in [0.4, 0.5) is 16.1 Å². The van der Waals surface area contributed by atoms with Crippen molar-refractivity contribution >= 4 is 39.0 Å². The van der Waals surface area contributed by atoms with E-state index < -0.39 is 33.4 Å². The first kappa shape index (κ1) is 24.7. The minimum absolute atomic E-state index is 0.000658. The summed E-state index contributed by atoms with van der Waals surface area (Å²) in [4.78, 5) is 14.1. The van der Waals surface area contributed by atoms with Gasteiger partial charge in [-0.3, -0.25) is 4.79 Å². The van der Waals surface area contributed by atoms with Crippen LogP contribution in [0.5, 0.6) is 0 Å². The number of benzene rings is 2. The first-order chi connectivity index (χ1) is 17.2. The maximum atomic E-state index is 15.2. The van der Waals surface area contributed by atoms with E-state index in [1.54, 1.807) is 24.3 Å². The quantitative estimate of drug-likeness (QED) is 0.504. The van der Waals surface area contributed by atoms with Gasteiger partial charge in [-0.1, -0.05) is 48.1 Å². The second-order valence-electron chi connectivity index (χ2n) is 9.13. The predicted molar refractivity (Wildman–Crippen MR) is 133 cm³/mol. The number of halogens is 2. The van der Waals surface area contributed by atoms with E-state index in [4.69, 9.17) is 21.8 Å². The number of sulfone groups is 1. The van der Waals surface area contributed by atoms with Gasteiger partial charge in [0.05, 0.1) is 34.5 Å². The van der Waals surface area contributed by atoms with Crippen molar-refractivity contribution in [2.45, 2.75) is 55.6 Å². The Balaban J connectivity index is 1.55. The number of fused-ring (bicyclic) bond motifs is 1. The second kappa shape index (κ2) is 9.79. The molecule has 1 aliphatic carbocycles. The summed E-state index contributed by atoms with van der Waals surface area (Å²) in [5, 5.41) is 11.6. The zero-order valence-electron chi connectivity index (χ0n) is 19.3. The predicted octanol–water partition coefficient (Wildman–Crippen LogP) is 3.92. The Morgan fingerprint density at radius 3 is 2.58 bits per heavy atom. The molecule has 5 rings (SSSR count). The van der Waals surface area contributed by atoms with Crippen molar-refractivity contribution in [3.8, 4) is 11.5 Å². The molecular formula is C24H25ClFN5O4S. The number of hydrogen-bond acceptors (Lipinski definition) is 8. The fourth-order valence-electron chi connectivity index (χ4n) is 4.63. The number of carbonyl (C=O) groups is 1. The molecule has 1 atom stereocenters. The van der Waals surface area contributed by atoms with Crippen molar-refractivity contribution in [2.24, 2.45) is 5.73 Å². The summed E-state index contributed by atoms with van der Waals surface area (Å²) in [5.41, 5.74) is 6.52. The van der Waals surface area contributed by atoms with Gasteiger partial charge in [0.2, 0.25) is 5.91 Å². The summed E-state index contributed by atoms with van der Waals surface area (Å²) in [5.74, 6) is -2.22. The van der Waals surface area contributed by atoms with Gasteiger partial charge in [-0.2, -0.15) is 0 Å². The van der Waals surface area contributed by atoms with Crippen LogP contribution < -0.4 is 16.0 Å². The highest BCUT2D eigenvalue weighted by Crippen LogP contribution is 2.37.